The first-order chi connectivity index (χ1) is 19.8. The SMILES string of the molecule is O=C(CSc1nnc2c3c4c(sc3nc(-c3ccccc3)n12)CCCC4)NC(c1ccccc1)c1ccccc1. The lowest BCUT2D eigenvalue weighted by molar-refractivity contribution is -0.119. The summed E-state index contributed by atoms with van der Waals surface area (Å²) >= 11 is 3.19. The number of rotatable bonds is 7. The number of aromatic nitrogens is 4. The molecule has 3 aromatic heterocycles. The zero-order valence-electron chi connectivity index (χ0n) is 21.8. The number of hydrogen-bond donors (Lipinski definition) is 1. The summed E-state index contributed by atoms with van der Waals surface area (Å²) in [6.07, 6.45) is 4.56. The first-order valence-corrected chi connectivity index (χ1v) is 15.3. The highest BCUT2D eigenvalue weighted by Crippen LogP contribution is 2.39. The molecule has 0 unspecified atom stereocenters. The predicted octanol–water partition coefficient (Wildman–Crippen LogP) is 6.88. The Morgan fingerprint density at radius 3 is 2.23 bits per heavy atom. The minimum Gasteiger partial charge on any atom is -0.344 e. The lowest BCUT2D eigenvalue weighted by Gasteiger charge is -2.19. The van der Waals surface area contributed by atoms with Gasteiger partial charge in [0.25, 0.3) is 0 Å². The van der Waals surface area contributed by atoms with Crippen molar-refractivity contribution in [3.8, 4) is 11.4 Å². The third-order valence-electron chi connectivity index (χ3n) is 7.36. The predicted molar refractivity (Wildman–Crippen MR) is 162 cm³/mol. The standard InChI is InChI=1S/C32H27N5OS2/c38-26(33-28(21-12-4-1-5-13-21)22-14-6-2-7-15-22)20-39-32-36-35-30-27-24-18-10-11-19-25(24)40-31(27)34-29(37(30)32)23-16-8-3-9-17-23/h1-9,12-17,28H,10-11,18-20H2,(H,33,38). The van der Waals surface area contributed by atoms with Crippen molar-refractivity contribution in [2.24, 2.45) is 0 Å². The molecule has 8 heteroatoms. The molecule has 3 aromatic carbocycles. The van der Waals surface area contributed by atoms with Crippen LogP contribution in [0.2, 0.25) is 0 Å². The number of nitrogens with one attached hydrogen (secondary N) is 1. The molecule has 3 heterocycles. The first kappa shape index (κ1) is 25.0. The van der Waals surface area contributed by atoms with Gasteiger partial charge in [-0.1, -0.05) is 103 Å². The number of carbonyl (C=O) groups is 1. The number of amides is 1. The lowest BCUT2D eigenvalue weighted by Crippen LogP contribution is -2.30. The molecule has 0 spiro atoms. The van der Waals surface area contributed by atoms with Crippen molar-refractivity contribution in [3.05, 3.63) is 113 Å². The van der Waals surface area contributed by atoms with Gasteiger partial charge < -0.3 is 5.32 Å². The van der Waals surface area contributed by atoms with Gasteiger partial charge in [0.1, 0.15) is 10.7 Å². The smallest absolute Gasteiger partial charge is 0.231 e. The second kappa shape index (κ2) is 10.9. The number of thioether (sulfide) groups is 1. The Morgan fingerprint density at radius 1 is 0.875 bits per heavy atom. The number of carbonyl (C=O) groups excluding carboxylic acids is 1. The Labute approximate surface area is 240 Å². The van der Waals surface area contributed by atoms with Crippen molar-refractivity contribution in [2.75, 3.05) is 5.75 Å². The van der Waals surface area contributed by atoms with Crippen LogP contribution < -0.4 is 5.32 Å². The molecule has 1 aliphatic rings. The van der Waals surface area contributed by atoms with E-state index in [0.717, 1.165) is 51.2 Å². The number of thiophene rings is 1. The maximum atomic E-state index is 13.3. The van der Waals surface area contributed by atoms with Crippen LogP contribution in [0, 0.1) is 0 Å². The number of aryl methyl sites for hydroxylation is 2. The van der Waals surface area contributed by atoms with Crippen LogP contribution in [0.4, 0.5) is 0 Å². The van der Waals surface area contributed by atoms with E-state index in [1.54, 1.807) is 11.3 Å². The second-order valence-corrected chi connectivity index (χ2v) is 12.0. The van der Waals surface area contributed by atoms with E-state index in [2.05, 4.69) is 27.6 Å². The molecule has 0 atom stereocenters. The topological polar surface area (TPSA) is 72.2 Å². The Hall–Kier alpha value is -4.01. The minimum atomic E-state index is -0.232. The van der Waals surface area contributed by atoms with Crippen molar-refractivity contribution in [1.82, 2.24) is 24.9 Å². The van der Waals surface area contributed by atoms with Crippen molar-refractivity contribution in [3.63, 3.8) is 0 Å². The van der Waals surface area contributed by atoms with Crippen molar-refractivity contribution < 1.29 is 4.79 Å². The van der Waals surface area contributed by atoms with Crippen LogP contribution in [-0.4, -0.2) is 31.2 Å². The number of benzene rings is 3. The summed E-state index contributed by atoms with van der Waals surface area (Å²) in [4.78, 5) is 20.9. The fraction of sp³-hybridized carbons (Fsp3) is 0.188. The fourth-order valence-corrected chi connectivity index (χ4v) is 7.49. The molecule has 0 saturated carbocycles. The van der Waals surface area contributed by atoms with Gasteiger partial charge in [-0.2, -0.15) is 0 Å². The van der Waals surface area contributed by atoms with E-state index in [4.69, 9.17) is 4.98 Å². The normalized spacial score (nSPS) is 13.1. The van der Waals surface area contributed by atoms with E-state index in [-0.39, 0.29) is 17.7 Å². The molecule has 0 saturated heterocycles. The van der Waals surface area contributed by atoms with E-state index >= 15 is 0 Å². The highest BCUT2D eigenvalue weighted by atomic mass is 32.2. The first-order valence-electron chi connectivity index (χ1n) is 13.5. The van der Waals surface area contributed by atoms with Crippen LogP contribution in [0.25, 0.3) is 27.3 Å². The highest BCUT2D eigenvalue weighted by Gasteiger charge is 2.25. The molecule has 6 aromatic rings. The van der Waals surface area contributed by atoms with Crippen LogP contribution in [0.5, 0.6) is 0 Å². The average molecular weight is 562 g/mol. The number of hydrogen-bond acceptors (Lipinski definition) is 6. The molecule has 1 amide bonds. The Balaban J connectivity index is 1.23. The van der Waals surface area contributed by atoms with Gasteiger partial charge in [-0.05, 0) is 42.4 Å². The molecule has 40 heavy (non-hydrogen) atoms. The molecular weight excluding hydrogens is 535 g/mol. The van der Waals surface area contributed by atoms with Crippen LogP contribution in [-0.2, 0) is 17.6 Å². The summed E-state index contributed by atoms with van der Waals surface area (Å²) in [6, 6.07) is 30.1. The minimum absolute atomic E-state index is 0.0670. The van der Waals surface area contributed by atoms with Gasteiger partial charge in [0.05, 0.1) is 17.2 Å². The monoisotopic (exact) mass is 561 g/mol. The third kappa shape index (κ3) is 4.67. The molecule has 1 N–H and O–H groups in total. The Kier molecular flexibility index (Phi) is 6.79. The summed E-state index contributed by atoms with van der Waals surface area (Å²) < 4.78 is 2.04. The largest absolute Gasteiger partial charge is 0.344 e. The summed E-state index contributed by atoms with van der Waals surface area (Å²) in [6.45, 7) is 0. The third-order valence-corrected chi connectivity index (χ3v) is 9.48. The molecule has 0 radical (unpaired) electrons. The van der Waals surface area contributed by atoms with E-state index in [1.165, 1.54) is 35.0 Å². The zero-order valence-corrected chi connectivity index (χ0v) is 23.4. The van der Waals surface area contributed by atoms with Crippen molar-refractivity contribution in [1.29, 1.82) is 0 Å². The molecule has 7 rings (SSSR count). The van der Waals surface area contributed by atoms with Gasteiger partial charge in [0, 0.05) is 10.4 Å². The van der Waals surface area contributed by atoms with Crippen LogP contribution in [0.15, 0.2) is 96.2 Å². The van der Waals surface area contributed by atoms with Gasteiger partial charge in [-0.25, -0.2) is 4.98 Å². The summed E-state index contributed by atoms with van der Waals surface area (Å²) in [7, 11) is 0. The number of fused-ring (bicyclic) bond motifs is 5. The Bertz CT molecular complexity index is 1760. The van der Waals surface area contributed by atoms with Crippen molar-refractivity contribution >= 4 is 44.9 Å². The fourth-order valence-electron chi connectivity index (χ4n) is 5.49. The van der Waals surface area contributed by atoms with Gasteiger partial charge in [-0.15, -0.1) is 21.5 Å². The molecule has 0 fully saturated rings. The van der Waals surface area contributed by atoms with Gasteiger partial charge in [0.15, 0.2) is 10.8 Å². The van der Waals surface area contributed by atoms with E-state index < -0.39 is 0 Å². The van der Waals surface area contributed by atoms with Crippen LogP contribution in [0.1, 0.15) is 40.5 Å². The molecule has 0 bridgehead atoms. The molecule has 6 nitrogen and oxygen atoms in total. The lowest BCUT2D eigenvalue weighted by atomic mass is 9.97. The quantitative estimate of drug-likeness (QED) is 0.215. The number of nitrogens with zero attached hydrogens (tertiary/aromatic N) is 4. The van der Waals surface area contributed by atoms with E-state index in [9.17, 15) is 4.79 Å². The zero-order chi connectivity index (χ0) is 26.9. The molecular formula is C32H27N5OS2. The van der Waals surface area contributed by atoms with E-state index in [1.807, 2.05) is 83.3 Å². The maximum Gasteiger partial charge on any atom is 0.231 e. The van der Waals surface area contributed by atoms with Gasteiger partial charge in [0.2, 0.25) is 5.91 Å². The molecule has 1 aliphatic carbocycles. The highest BCUT2D eigenvalue weighted by molar-refractivity contribution is 7.99. The summed E-state index contributed by atoms with van der Waals surface area (Å²) in [5.74, 6) is 0.953. The Morgan fingerprint density at radius 2 is 1.52 bits per heavy atom. The maximum absolute atomic E-state index is 13.3. The van der Waals surface area contributed by atoms with Gasteiger partial charge in [-0.3, -0.25) is 9.20 Å². The van der Waals surface area contributed by atoms with Gasteiger partial charge >= 0.3 is 0 Å². The summed E-state index contributed by atoms with van der Waals surface area (Å²) in [5, 5.41) is 14.3. The summed E-state index contributed by atoms with van der Waals surface area (Å²) in [5.41, 5.74) is 5.29. The molecule has 198 valence electrons. The van der Waals surface area contributed by atoms with Crippen LogP contribution >= 0.6 is 23.1 Å². The second-order valence-electron chi connectivity index (χ2n) is 9.94. The van der Waals surface area contributed by atoms with Crippen molar-refractivity contribution in [2.45, 2.75) is 36.9 Å². The van der Waals surface area contributed by atoms with Crippen LogP contribution in [0.3, 0.4) is 0 Å². The molecule has 0 aliphatic heterocycles. The average Bonchev–Trinajstić information content (AvgIpc) is 3.61. The van der Waals surface area contributed by atoms with E-state index in [0.29, 0.717) is 5.16 Å².